The maximum absolute atomic E-state index is 11.1. The summed E-state index contributed by atoms with van der Waals surface area (Å²) in [5.41, 5.74) is 0.0314. The molecule has 2 rings (SSSR count). The van der Waals surface area contributed by atoms with Gasteiger partial charge in [-0.25, -0.2) is 9.78 Å². The Balaban J connectivity index is 2.13. The van der Waals surface area contributed by atoms with Crippen molar-refractivity contribution < 1.29 is 19.4 Å². The molecule has 5 nitrogen and oxygen atoms in total. The molecule has 0 aliphatic heterocycles. The van der Waals surface area contributed by atoms with Crippen molar-refractivity contribution in [2.45, 2.75) is 37.9 Å². The van der Waals surface area contributed by atoms with E-state index in [1.54, 1.807) is 7.11 Å². The van der Waals surface area contributed by atoms with E-state index in [-0.39, 0.29) is 28.8 Å². The van der Waals surface area contributed by atoms with Gasteiger partial charge in [0.15, 0.2) is 0 Å². The molecule has 0 amide bonds. The molecule has 1 heterocycles. The van der Waals surface area contributed by atoms with Crippen molar-refractivity contribution >= 4 is 17.6 Å². The molecule has 2 unspecified atom stereocenters. The van der Waals surface area contributed by atoms with E-state index in [0.717, 1.165) is 25.7 Å². The lowest BCUT2D eigenvalue weighted by Gasteiger charge is -2.28. The van der Waals surface area contributed by atoms with E-state index in [4.69, 9.17) is 26.2 Å². The summed E-state index contributed by atoms with van der Waals surface area (Å²) in [6.07, 6.45) is 3.68. The van der Waals surface area contributed by atoms with E-state index in [1.165, 1.54) is 12.1 Å². The number of hydrogen-bond donors (Lipinski definition) is 1. The Kier molecular flexibility index (Phi) is 4.61. The molecule has 0 bridgehead atoms. The van der Waals surface area contributed by atoms with E-state index in [0.29, 0.717) is 0 Å². The van der Waals surface area contributed by atoms with Crippen LogP contribution in [-0.4, -0.2) is 35.4 Å². The molecule has 1 fully saturated rings. The molecule has 0 saturated heterocycles. The average molecular weight is 286 g/mol. The molecule has 0 aromatic carbocycles. The summed E-state index contributed by atoms with van der Waals surface area (Å²) in [6, 6.07) is 2.85. The lowest BCUT2D eigenvalue weighted by Crippen LogP contribution is -2.30. The molecule has 6 heteroatoms. The molecular weight excluding hydrogens is 270 g/mol. The van der Waals surface area contributed by atoms with Crippen LogP contribution in [0.25, 0.3) is 0 Å². The van der Waals surface area contributed by atoms with Gasteiger partial charge in [0, 0.05) is 13.5 Å². The summed E-state index contributed by atoms with van der Waals surface area (Å²) >= 11 is 5.79. The first kappa shape index (κ1) is 14.1. The second kappa shape index (κ2) is 6.21. The summed E-state index contributed by atoms with van der Waals surface area (Å²) < 4.78 is 11.0. The van der Waals surface area contributed by atoms with Crippen molar-refractivity contribution in [3.8, 4) is 5.88 Å². The molecule has 2 atom stereocenters. The predicted octanol–water partition coefficient (Wildman–Crippen LogP) is 2.77. The Morgan fingerprint density at radius 2 is 2.16 bits per heavy atom. The van der Waals surface area contributed by atoms with E-state index < -0.39 is 5.97 Å². The van der Waals surface area contributed by atoms with Crippen molar-refractivity contribution in [1.29, 1.82) is 0 Å². The van der Waals surface area contributed by atoms with Crippen LogP contribution in [-0.2, 0) is 4.74 Å². The maximum Gasteiger partial charge on any atom is 0.341 e. The van der Waals surface area contributed by atoms with Gasteiger partial charge in [-0.05, 0) is 31.4 Å². The van der Waals surface area contributed by atoms with Crippen molar-refractivity contribution in [2.24, 2.45) is 0 Å². The van der Waals surface area contributed by atoms with Gasteiger partial charge in [-0.2, -0.15) is 0 Å². The highest BCUT2D eigenvalue weighted by molar-refractivity contribution is 6.29. The zero-order chi connectivity index (χ0) is 13.8. The lowest BCUT2D eigenvalue weighted by molar-refractivity contribution is 0.0189. The average Bonchev–Trinajstić information content (AvgIpc) is 2.38. The van der Waals surface area contributed by atoms with E-state index in [1.807, 2.05) is 0 Å². The molecule has 1 N–H and O–H groups in total. The minimum atomic E-state index is -1.07. The summed E-state index contributed by atoms with van der Waals surface area (Å²) in [5, 5.41) is 9.32. The van der Waals surface area contributed by atoms with Crippen molar-refractivity contribution in [3.05, 3.63) is 22.8 Å². The predicted molar refractivity (Wildman–Crippen MR) is 69.9 cm³/mol. The van der Waals surface area contributed by atoms with Gasteiger partial charge in [-0.1, -0.05) is 11.6 Å². The van der Waals surface area contributed by atoms with Crippen molar-refractivity contribution in [2.75, 3.05) is 7.11 Å². The number of carboxylic acids is 1. The summed E-state index contributed by atoms with van der Waals surface area (Å²) in [7, 11) is 1.67. The maximum atomic E-state index is 11.1. The van der Waals surface area contributed by atoms with Crippen molar-refractivity contribution in [1.82, 2.24) is 4.98 Å². The van der Waals surface area contributed by atoms with Crippen LogP contribution in [0.1, 0.15) is 36.0 Å². The van der Waals surface area contributed by atoms with Crippen LogP contribution in [0.15, 0.2) is 12.1 Å². The molecule has 1 aromatic heterocycles. The number of aromatic nitrogens is 1. The smallest absolute Gasteiger partial charge is 0.341 e. The zero-order valence-corrected chi connectivity index (χ0v) is 11.4. The van der Waals surface area contributed by atoms with Crippen LogP contribution in [0.4, 0.5) is 0 Å². The van der Waals surface area contributed by atoms with Gasteiger partial charge in [-0.15, -0.1) is 0 Å². The third-order valence-electron chi connectivity index (χ3n) is 3.25. The molecule has 19 heavy (non-hydrogen) atoms. The molecular formula is C13H16ClNO4. The minimum absolute atomic E-state index is 0.0314. The van der Waals surface area contributed by atoms with E-state index >= 15 is 0 Å². The number of halogens is 1. The van der Waals surface area contributed by atoms with Gasteiger partial charge in [0.05, 0.1) is 6.10 Å². The van der Waals surface area contributed by atoms with E-state index in [2.05, 4.69) is 4.98 Å². The van der Waals surface area contributed by atoms with Crippen molar-refractivity contribution in [3.63, 3.8) is 0 Å². The molecule has 1 saturated carbocycles. The Hall–Kier alpha value is -1.33. The fraction of sp³-hybridized carbons (Fsp3) is 0.538. The molecule has 104 valence electrons. The highest BCUT2D eigenvalue weighted by atomic mass is 35.5. The van der Waals surface area contributed by atoms with Gasteiger partial charge in [0.1, 0.15) is 16.8 Å². The first-order chi connectivity index (χ1) is 9.10. The van der Waals surface area contributed by atoms with Gasteiger partial charge in [0.2, 0.25) is 5.88 Å². The molecule has 1 aromatic rings. The first-order valence-corrected chi connectivity index (χ1v) is 6.57. The topological polar surface area (TPSA) is 68.7 Å². The fourth-order valence-corrected chi connectivity index (χ4v) is 2.39. The highest BCUT2D eigenvalue weighted by Gasteiger charge is 2.25. The molecule has 1 aliphatic rings. The number of ether oxygens (including phenoxy) is 2. The van der Waals surface area contributed by atoms with Crippen LogP contribution < -0.4 is 4.74 Å². The summed E-state index contributed by atoms with van der Waals surface area (Å²) in [4.78, 5) is 15.1. The number of rotatable bonds is 4. The number of carboxylic acid groups (broad SMARTS) is 1. The second-order valence-corrected chi connectivity index (χ2v) is 4.94. The van der Waals surface area contributed by atoms with Crippen LogP contribution in [0, 0.1) is 0 Å². The number of nitrogens with zero attached hydrogens (tertiary/aromatic N) is 1. The number of methoxy groups -OCH3 is 1. The number of aromatic carboxylic acids is 1. The summed E-state index contributed by atoms with van der Waals surface area (Å²) in [6.45, 7) is 0. The van der Waals surface area contributed by atoms with Crippen LogP contribution >= 0.6 is 11.6 Å². The Labute approximate surface area is 116 Å². The zero-order valence-electron chi connectivity index (χ0n) is 10.6. The monoisotopic (exact) mass is 285 g/mol. The largest absolute Gasteiger partial charge is 0.477 e. The summed E-state index contributed by atoms with van der Waals surface area (Å²) in [5.74, 6) is -0.986. The Morgan fingerprint density at radius 3 is 2.84 bits per heavy atom. The van der Waals surface area contributed by atoms with Crippen LogP contribution in [0.3, 0.4) is 0 Å². The first-order valence-electron chi connectivity index (χ1n) is 6.19. The quantitative estimate of drug-likeness (QED) is 0.862. The van der Waals surface area contributed by atoms with Crippen LogP contribution in [0.5, 0.6) is 5.88 Å². The Morgan fingerprint density at radius 1 is 1.42 bits per heavy atom. The number of pyridine rings is 1. The normalized spacial score (nSPS) is 23.1. The standard InChI is InChI=1S/C13H16ClNO4/c1-18-8-3-2-4-9(7-8)19-12-10(13(16)17)5-6-11(14)15-12/h5-6,8-9H,2-4,7H2,1H3,(H,16,17). The fourth-order valence-electron chi connectivity index (χ4n) is 2.25. The second-order valence-electron chi connectivity index (χ2n) is 4.56. The number of hydrogen-bond acceptors (Lipinski definition) is 4. The SMILES string of the molecule is COC1CCCC(Oc2nc(Cl)ccc2C(=O)O)C1. The molecule has 0 spiro atoms. The van der Waals surface area contributed by atoms with E-state index in [9.17, 15) is 4.79 Å². The lowest BCUT2D eigenvalue weighted by atomic mass is 9.95. The molecule has 0 radical (unpaired) electrons. The van der Waals surface area contributed by atoms with Gasteiger partial charge in [-0.3, -0.25) is 0 Å². The third-order valence-corrected chi connectivity index (χ3v) is 3.46. The van der Waals surface area contributed by atoms with Crippen LogP contribution in [0.2, 0.25) is 5.15 Å². The highest BCUT2D eigenvalue weighted by Crippen LogP contribution is 2.27. The van der Waals surface area contributed by atoms with Gasteiger partial charge >= 0.3 is 5.97 Å². The Bertz CT molecular complexity index is 466. The minimum Gasteiger partial charge on any atom is -0.477 e. The van der Waals surface area contributed by atoms with Gasteiger partial charge < -0.3 is 14.6 Å². The molecule has 1 aliphatic carbocycles. The van der Waals surface area contributed by atoms with Gasteiger partial charge in [0.25, 0.3) is 0 Å². The number of carbonyl (C=O) groups is 1. The third kappa shape index (κ3) is 3.58.